The fraction of sp³-hybridized carbons (Fsp3) is 0.259. The first-order valence-corrected chi connectivity index (χ1v) is 10.6. The molecule has 1 aliphatic rings. The van der Waals surface area contributed by atoms with Crippen molar-refractivity contribution in [2.45, 2.75) is 39.8 Å². The Bertz CT molecular complexity index is 1210. The third kappa shape index (κ3) is 4.20. The Morgan fingerprint density at radius 3 is 2.25 bits per heavy atom. The van der Waals surface area contributed by atoms with Crippen LogP contribution in [0.5, 0.6) is 11.5 Å². The number of ether oxygens (including phenoxy) is 2. The number of hydrogen-bond donors (Lipinski definition) is 1. The van der Waals surface area contributed by atoms with E-state index in [0.717, 1.165) is 39.1 Å². The van der Waals surface area contributed by atoms with Crippen LogP contribution < -0.4 is 14.8 Å². The van der Waals surface area contributed by atoms with E-state index in [1.807, 2.05) is 19.1 Å². The molecule has 0 spiro atoms. The molecule has 0 amide bonds. The van der Waals surface area contributed by atoms with Gasteiger partial charge in [0.05, 0.1) is 12.6 Å². The normalized spacial score (nSPS) is 14.3. The Morgan fingerprint density at radius 1 is 0.875 bits per heavy atom. The van der Waals surface area contributed by atoms with Gasteiger partial charge in [-0.25, -0.2) is 8.78 Å². The quantitative estimate of drug-likeness (QED) is 0.462. The topological polar surface area (TPSA) is 30.5 Å². The van der Waals surface area contributed by atoms with E-state index in [4.69, 9.17) is 9.47 Å². The highest BCUT2D eigenvalue weighted by Crippen LogP contribution is 2.43. The van der Waals surface area contributed by atoms with Crippen LogP contribution in [0.3, 0.4) is 0 Å². The van der Waals surface area contributed by atoms with Crippen LogP contribution in [-0.2, 0) is 6.61 Å². The summed E-state index contributed by atoms with van der Waals surface area (Å²) in [7, 11) is 1.53. The standard InChI is InChI=1S/C27H27F2NO2/c1-16-6-7-18(28)12-24(16)32-15-22-20(21-9-8-19(29)13-25(21)31-5)10-11-23-26(22)17(2)14-27(3,4)30-23/h6-14,30H,15H2,1-5H3. The van der Waals surface area contributed by atoms with Crippen LogP contribution >= 0.6 is 0 Å². The van der Waals surface area contributed by atoms with Crippen molar-refractivity contribution in [3.63, 3.8) is 0 Å². The number of aryl methyl sites for hydroxylation is 1. The molecule has 0 saturated heterocycles. The molecular weight excluding hydrogens is 408 g/mol. The van der Waals surface area contributed by atoms with Gasteiger partial charge in [0.1, 0.15) is 29.7 Å². The minimum atomic E-state index is -0.365. The van der Waals surface area contributed by atoms with Crippen LogP contribution in [0.1, 0.15) is 37.5 Å². The molecule has 0 aromatic heterocycles. The molecular formula is C27H27F2NO2. The number of fused-ring (bicyclic) bond motifs is 1. The smallest absolute Gasteiger partial charge is 0.129 e. The van der Waals surface area contributed by atoms with Gasteiger partial charge in [-0.05, 0) is 68.7 Å². The number of nitrogens with one attached hydrogen (secondary N) is 1. The van der Waals surface area contributed by atoms with Crippen molar-refractivity contribution >= 4 is 11.3 Å². The van der Waals surface area contributed by atoms with Crippen molar-refractivity contribution in [3.05, 3.63) is 82.9 Å². The number of benzene rings is 3. The fourth-order valence-corrected chi connectivity index (χ4v) is 4.37. The highest BCUT2D eigenvalue weighted by molar-refractivity contribution is 5.88. The average molecular weight is 436 g/mol. The molecule has 1 aliphatic heterocycles. The molecule has 3 aromatic rings. The highest BCUT2D eigenvalue weighted by atomic mass is 19.1. The molecule has 3 nitrogen and oxygen atoms in total. The summed E-state index contributed by atoms with van der Waals surface area (Å²) in [4.78, 5) is 0. The zero-order valence-electron chi connectivity index (χ0n) is 19.0. The van der Waals surface area contributed by atoms with Gasteiger partial charge in [-0.2, -0.15) is 0 Å². The fourth-order valence-electron chi connectivity index (χ4n) is 4.37. The SMILES string of the molecule is COc1cc(F)ccc1-c1ccc2c(c1COc1cc(F)ccc1C)C(C)=CC(C)(C)N2. The van der Waals surface area contributed by atoms with E-state index in [0.29, 0.717) is 11.5 Å². The van der Waals surface area contributed by atoms with E-state index in [-0.39, 0.29) is 23.8 Å². The molecule has 5 heteroatoms. The molecule has 1 heterocycles. The van der Waals surface area contributed by atoms with Crippen LogP contribution in [0.4, 0.5) is 14.5 Å². The molecule has 0 radical (unpaired) electrons. The molecule has 1 N–H and O–H groups in total. The zero-order chi connectivity index (χ0) is 23.0. The summed E-state index contributed by atoms with van der Waals surface area (Å²) in [5.74, 6) is 0.223. The monoisotopic (exact) mass is 435 g/mol. The predicted molar refractivity (Wildman–Crippen MR) is 125 cm³/mol. The van der Waals surface area contributed by atoms with Crippen LogP contribution in [0, 0.1) is 18.6 Å². The van der Waals surface area contributed by atoms with Crippen molar-refractivity contribution in [1.29, 1.82) is 0 Å². The second-order valence-electron chi connectivity index (χ2n) is 8.73. The minimum Gasteiger partial charge on any atom is -0.496 e. The Kier molecular flexibility index (Phi) is 5.68. The van der Waals surface area contributed by atoms with Gasteiger partial charge in [0, 0.05) is 34.5 Å². The molecule has 0 bridgehead atoms. The second-order valence-corrected chi connectivity index (χ2v) is 8.73. The van der Waals surface area contributed by atoms with Gasteiger partial charge >= 0.3 is 0 Å². The maximum absolute atomic E-state index is 13.9. The van der Waals surface area contributed by atoms with Crippen LogP contribution in [0.15, 0.2) is 54.6 Å². The molecule has 32 heavy (non-hydrogen) atoms. The third-order valence-electron chi connectivity index (χ3n) is 5.72. The largest absolute Gasteiger partial charge is 0.496 e. The zero-order valence-corrected chi connectivity index (χ0v) is 19.0. The summed E-state index contributed by atoms with van der Waals surface area (Å²) in [5.41, 5.74) is 6.37. The maximum atomic E-state index is 13.9. The van der Waals surface area contributed by atoms with E-state index >= 15 is 0 Å². The van der Waals surface area contributed by atoms with Gasteiger partial charge in [-0.1, -0.05) is 18.2 Å². The number of methoxy groups -OCH3 is 1. The maximum Gasteiger partial charge on any atom is 0.129 e. The Morgan fingerprint density at radius 2 is 1.53 bits per heavy atom. The lowest BCUT2D eigenvalue weighted by Gasteiger charge is -2.33. The summed E-state index contributed by atoms with van der Waals surface area (Å²) in [6.45, 7) is 8.40. The third-order valence-corrected chi connectivity index (χ3v) is 5.72. The van der Waals surface area contributed by atoms with E-state index in [9.17, 15) is 8.78 Å². The Labute approximate surface area is 187 Å². The number of allylic oxidation sites excluding steroid dienone is 1. The van der Waals surface area contributed by atoms with Gasteiger partial charge < -0.3 is 14.8 Å². The lowest BCUT2D eigenvalue weighted by molar-refractivity contribution is 0.302. The van der Waals surface area contributed by atoms with Gasteiger partial charge in [-0.3, -0.25) is 0 Å². The van der Waals surface area contributed by atoms with Gasteiger partial charge in [-0.15, -0.1) is 0 Å². The molecule has 166 valence electrons. The van der Waals surface area contributed by atoms with E-state index in [2.05, 4.69) is 32.2 Å². The lowest BCUT2D eigenvalue weighted by Crippen LogP contribution is -2.32. The van der Waals surface area contributed by atoms with Crippen molar-refractivity contribution in [2.24, 2.45) is 0 Å². The van der Waals surface area contributed by atoms with Crippen molar-refractivity contribution < 1.29 is 18.3 Å². The van der Waals surface area contributed by atoms with Crippen LogP contribution in [-0.4, -0.2) is 12.6 Å². The number of rotatable bonds is 5. The second kappa shape index (κ2) is 8.30. The summed E-state index contributed by atoms with van der Waals surface area (Å²) >= 11 is 0. The number of anilines is 1. The van der Waals surface area contributed by atoms with Gasteiger partial charge in [0.15, 0.2) is 0 Å². The molecule has 3 aromatic carbocycles. The van der Waals surface area contributed by atoms with E-state index in [1.54, 1.807) is 12.1 Å². The summed E-state index contributed by atoms with van der Waals surface area (Å²) in [6.07, 6.45) is 2.18. The summed E-state index contributed by atoms with van der Waals surface area (Å²) in [6, 6.07) is 13.0. The molecule has 4 rings (SSSR count). The Balaban J connectivity index is 1.88. The first-order chi connectivity index (χ1) is 15.2. The molecule has 0 saturated carbocycles. The van der Waals surface area contributed by atoms with Crippen LogP contribution in [0.2, 0.25) is 0 Å². The van der Waals surface area contributed by atoms with Gasteiger partial charge in [0.25, 0.3) is 0 Å². The average Bonchev–Trinajstić information content (AvgIpc) is 2.73. The van der Waals surface area contributed by atoms with Crippen molar-refractivity contribution in [1.82, 2.24) is 0 Å². The van der Waals surface area contributed by atoms with E-state index < -0.39 is 0 Å². The first-order valence-electron chi connectivity index (χ1n) is 10.6. The lowest BCUT2D eigenvalue weighted by atomic mass is 9.85. The van der Waals surface area contributed by atoms with E-state index in [1.165, 1.54) is 31.4 Å². The molecule has 0 unspecified atom stereocenters. The minimum absolute atomic E-state index is 0.191. The van der Waals surface area contributed by atoms with Crippen LogP contribution in [0.25, 0.3) is 16.7 Å². The molecule has 0 aliphatic carbocycles. The summed E-state index contributed by atoms with van der Waals surface area (Å²) in [5, 5.41) is 3.56. The van der Waals surface area contributed by atoms with Gasteiger partial charge in [0.2, 0.25) is 0 Å². The predicted octanol–water partition coefficient (Wildman–Crippen LogP) is 7.14. The number of halogens is 2. The van der Waals surface area contributed by atoms with Crippen molar-refractivity contribution in [3.8, 4) is 22.6 Å². The highest BCUT2D eigenvalue weighted by Gasteiger charge is 2.27. The molecule has 0 fully saturated rings. The van der Waals surface area contributed by atoms with Crippen molar-refractivity contribution in [2.75, 3.05) is 12.4 Å². The first kappa shape index (κ1) is 21.9. The number of hydrogen-bond acceptors (Lipinski definition) is 3. The Hall–Kier alpha value is -3.34. The molecule has 0 atom stereocenters. The summed E-state index contributed by atoms with van der Waals surface area (Å²) < 4.78 is 39.3.